The van der Waals surface area contributed by atoms with Gasteiger partial charge < -0.3 is 11.1 Å². The van der Waals surface area contributed by atoms with Crippen LogP contribution in [-0.4, -0.2) is 16.9 Å². The third kappa shape index (κ3) is 2.54. The second kappa shape index (κ2) is 5.62. The zero-order valence-corrected chi connectivity index (χ0v) is 11.0. The zero-order valence-electron chi connectivity index (χ0n) is 10.2. The summed E-state index contributed by atoms with van der Waals surface area (Å²) >= 11 is 5.06. The van der Waals surface area contributed by atoms with Crippen LogP contribution in [-0.2, 0) is 4.79 Å². The van der Waals surface area contributed by atoms with Crippen molar-refractivity contribution in [1.82, 2.24) is 5.32 Å². The van der Waals surface area contributed by atoms with Gasteiger partial charge in [-0.3, -0.25) is 4.79 Å². The highest BCUT2D eigenvalue weighted by Gasteiger charge is 2.39. The largest absolute Gasteiger partial charge is 0.392 e. The van der Waals surface area contributed by atoms with Crippen LogP contribution in [0.1, 0.15) is 52.4 Å². The number of amides is 1. The van der Waals surface area contributed by atoms with Gasteiger partial charge in [0.15, 0.2) is 0 Å². The van der Waals surface area contributed by atoms with Crippen LogP contribution in [0.3, 0.4) is 0 Å². The molecule has 0 aliphatic heterocycles. The van der Waals surface area contributed by atoms with Crippen LogP contribution in [0.5, 0.6) is 0 Å². The van der Waals surface area contributed by atoms with Crippen LogP contribution in [0.4, 0.5) is 0 Å². The van der Waals surface area contributed by atoms with Crippen LogP contribution in [0.15, 0.2) is 0 Å². The Balaban J connectivity index is 2.70. The van der Waals surface area contributed by atoms with Crippen molar-refractivity contribution in [3.8, 4) is 0 Å². The van der Waals surface area contributed by atoms with E-state index in [2.05, 4.69) is 5.32 Å². The van der Waals surface area contributed by atoms with Crippen molar-refractivity contribution in [2.45, 2.75) is 58.4 Å². The standard InChI is InChI=1S/C12H22N2OS/c1-3-12(4-2,10(13)16)11(15)14-9-7-5-6-8-9/h9H,3-8H2,1-2H3,(H2,13,16)(H,14,15). The highest BCUT2D eigenvalue weighted by Crippen LogP contribution is 2.28. The molecule has 1 saturated carbocycles. The number of nitrogens with two attached hydrogens (primary N) is 1. The van der Waals surface area contributed by atoms with Crippen molar-refractivity contribution in [2.75, 3.05) is 0 Å². The van der Waals surface area contributed by atoms with E-state index < -0.39 is 5.41 Å². The lowest BCUT2D eigenvalue weighted by Crippen LogP contribution is -2.50. The van der Waals surface area contributed by atoms with E-state index in [1.807, 2.05) is 13.8 Å². The van der Waals surface area contributed by atoms with Gasteiger partial charge in [0, 0.05) is 6.04 Å². The van der Waals surface area contributed by atoms with Gasteiger partial charge in [0.1, 0.15) is 0 Å². The molecule has 0 saturated heterocycles. The van der Waals surface area contributed by atoms with E-state index in [-0.39, 0.29) is 5.91 Å². The van der Waals surface area contributed by atoms with Crippen molar-refractivity contribution in [2.24, 2.45) is 11.1 Å². The van der Waals surface area contributed by atoms with Crippen LogP contribution in [0.25, 0.3) is 0 Å². The summed E-state index contributed by atoms with van der Waals surface area (Å²) < 4.78 is 0. The van der Waals surface area contributed by atoms with E-state index in [0.717, 1.165) is 12.8 Å². The number of rotatable bonds is 5. The lowest BCUT2D eigenvalue weighted by molar-refractivity contribution is -0.128. The van der Waals surface area contributed by atoms with Crippen molar-refractivity contribution in [1.29, 1.82) is 0 Å². The quantitative estimate of drug-likeness (QED) is 0.726. The zero-order chi connectivity index (χ0) is 12.2. The first-order valence-corrected chi connectivity index (χ1v) is 6.58. The molecule has 1 amide bonds. The maximum absolute atomic E-state index is 12.2. The summed E-state index contributed by atoms with van der Waals surface area (Å²) in [7, 11) is 0. The van der Waals surface area contributed by atoms with Crippen LogP contribution in [0.2, 0.25) is 0 Å². The minimum atomic E-state index is -0.641. The van der Waals surface area contributed by atoms with Crippen LogP contribution < -0.4 is 11.1 Å². The number of nitrogens with one attached hydrogen (secondary N) is 1. The predicted octanol–water partition coefficient (Wildman–Crippen LogP) is 2.14. The summed E-state index contributed by atoms with van der Waals surface area (Å²) in [6.07, 6.45) is 5.96. The fourth-order valence-electron chi connectivity index (χ4n) is 2.43. The Bertz CT molecular complexity index is 268. The summed E-state index contributed by atoms with van der Waals surface area (Å²) in [6, 6.07) is 0.333. The van der Waals surface area contributed by atoms with Gasteiger partial charge >= 0.3 is 0 Å². The first kappa shape index (κ1) is 13.4. The normalized spacial score (nSPS) is 17.4. The molecule has 92 valence electrons. The maximum Gasteiger partial charge on any atom is 0.233 e. The average molecular weight is 242 g/mol. The fraction of sp³-hybridized carbons (Fsp3) is 0.833. The molecule has 0 atom stereocenters. The van der Waals surface area contributed by atoms with Crippen molar-refractivity contribution >= 4 is 23.1 Å². The molecule has 0 unspecified atom stereocenters. The third-order valence-corrected chi connectivity index (χ3v) is 4.19. The lowest BCUT2D eigenvalue weighted by atomic mass is 9.81. The molecular weight excluding hydrogens is 220 g/mol. The number of hydrogen-bond acceptors (Lipinski definition) is 2. The Kier molecular flexibility index (Phi) is 4.71. The molecule has 0 aromatic heterocycles. The summed E-state index contributed by atoms with van der Waals surface area (Å²) in [5, 5.41) is 3.10. The molecule has 0 spiro atoms. The van der Waals surface area contributed by atoms with Crippen LogP contribution >= 0.6 is 12.2 Å². The van der Waals surface area contributed by atoms with Crippen molar-refractivity contribution in [3.63, 3.8) is 0 Å². The minimum Gasteiger partial charge on any atom is -0.392 e. The van der Waals surface area contributed by atoms with E-state index >= 15 is 0 Å². The SMILES string of the molecule is CCC(CC)(C(=O)NC1CCCC1)C(N)=S. The third-order valence-electron chi connectivity index (χ3n) is 3.80. The van der Waals surface area contributed by atoms with Gasteiger partial charge in [0.25, 0.3) is 0 Å². The molecule has 3 N–H and O–H groups in total. The van der Waals surface area contributed by atoms with Gasteiger partial charge in [-0.05, 0) is 25.7 Å². The van der Waals surface area contributed by atoms with E-state index in [9.17, 15) is 4.79 Å². The Morgan fingerprint density at radius 3 is 2.25 bits per heavy atom. The molecule has 1 rings (SSSR count). The highest BCUT2D eigenvalue weighted by atomic mass is 32.1. The number of thiocarbonyl (C=S) groups is 1. The Labute approximate surface area is 103 Å². The van der Waals surface area contributed by atoms with Crippen molar-refractivity contribution in [3.05, 3.63) is 0 Å². The van der Waals surface area contributed by atoms with Crippen molar-refractivity contribution < 1.29 is 4.79 Å². The van der Waals surface area contributed by atoms with Gasteiger partial charge in [0.2, 0.25) is 5.91 Å². The Morgan fingerprint density at radius 1 is 1.38 bits per heavy atom. The summed E-state index contributed by atoms with van der Waals surface area (Å²) in [6.45, 7) is 3.94. The molecule has 3 nitrogen and oxygen atoms in total. The van der Waals surface area contributed by atoms with Gasteiger partial charge in [-0.1, -0.05) is 38.9 Å². The first-order valence-electron chi connectivity index (χ1n) is 6.17. The molecule has 0 radical (unpaired) electrons. The molecular formula is C12H22N2OS. The topological polar surface area (TPSA) is 55.1 Å². The minimum absolute atomic E-state index is 0.0249. The molecule has 4 heteroatoms. The summed E-state index contributed by atoms with van der Waals surface area (Å²) in [5.74, 6) is 0.0249. The van der Waals surface area contributed by atoms with Gasteiger partial charge in [-0.15, -0.1) is 0 Å². The van der Waals surface area contributed by atoms with E-state index in [1.165, 1.54) is 12.8 Å². The number of carbonyl (C=O) groups is 1. The second-order valence-electron chi connectivity index (χ2n) is 4.61. The monoisotopic (exact) mass is 242 g/mol. The molecule has 0 bridgehead atoms. The predicted molar refractivity (Wildman–Crippen MR) is 70.2 cm³/mol. The number of carbonyl (C=O) groups excluding carboxylic acids is 1. The molecule has 0 heterocycles. The summed E-state index contributed by atoms with van der Waals surface area (Å²) in [5.41, 5.74) is 5.10. The number of hydrogen-bond donors (Lipinski definition) is 2. The van der Waals surface area contributed by atoms with Gasteiger partial charge in [-0.2, -0.15) is 0 Å². The molecule has 16 heavy (non-hydrogen) atoms. The highest BCUT2D eigenvalue weighted by molar-refractivity contribution is 7.80. The van der Waals surface area contributed by atoms with Crippen LogP contribution in [0, 0.1) is 5.41 Å². The average Bonchev–Trinajstić information content (AvgIpc) is 2.72. The molecule has 0 aromatic carbocycles. The van der Waals surface area contributed by atoms with E-state index in [1.54, 1.807) is 0 Å². The van der Waals surface area contributed by atoms with Gasteiger partial charge in [-0.25, -0.2) is 0 Å². The lowest BCUT2D eigenvalue weighted by Gasteiger charge is -2.30. The molecule has 0 aromatic rings. The smallest absolute Gasteiger partial charge is 0.233 e. The molecule has 1 aliphatic carbocycles. The molecule has 1 fully saturated rings. The van der Waals surface area contributed by atoms with E-state index in [0.29, 0.717) is 23.9 Å². The maximum atomic E-state index is 12.2. The molecule has 1 aliphatic rings. The second-order valence-corrected chi connectivity index (χ2v) is 5.05. The van der Waals surface area contributed by atoms with Gasteiger partial charge in [0.05, 0.1) is 10.4 Å². The Hall–Kier alpha value is -0.640. The Morgan fingerprint density at radius 2 is 1.88 bits per heavy atom. The first-order chi connectivity index (χ1) is 7.56. The summed E-state index contributed by atoms with van der Waals surface area (Å²) in [4.78, 5) is 12.6. The van der Waals surface area contributed by atoms with E-state index in [4.69, 9.17) is 18.0 Å². The fourth-order valence-corrected chi connectivity index (χ4v) is 2.81.